The van der Waals surface area contributed by atoms with Crippen molar-refractivity contribution in [2.45, 2.75) is 58.8 Å². The molecule has 4 nitrogen and oxygen atoms in total. The summed E-state index contributed by atoms with van der Waals surface area (Å²) in [6.45, 7) is 5.06. The molecule has 0 bridgehead atoms. The van der Waals surface area contributed by atoms with Gasteiger partial charge >= 0.3 is 0 Å². The molecule has 154 valence electrons. The van der Waals surface area contributed by atoms with Crippen LogP contribution < -0.4 is 0 Å². The lowest BCUT2D eigenvalue weighted by atomic mass is 9.45. The SMILES string of the molecule is C[C@]12CCC(=O)CC1=C[C@@H](CCO)[C@@H]1[C@@H]2CC[C@]2(C)C(c3ncccn3)=CC[C@@H]12. The van der Waals surface area contributed by atoms with E-state index in [2.05, 4.69) is 36.0 Å². The fourth-order valence-electron chi connectivity index (χ4n) is 7.42. The van der Waals surface area contributed by atoms with Crippen LogP contribution in [-0.4, -0.2) is 27.5 Å². The molecule has 0 amide bonds. The van der Waals surface area contributed by atoms with Gasteiger partial charge in [0, 0.05) is 31.8 Å². The number of Topliss-reactive ketones (excluding diaryl/α,β-unsaturated/α-hetero) is 1. The van der Waals surface area contributed by atoms with Crippen molar-refractivity contribution >= 4 is 11.4 Å². The second-order valence-electron chi connectivity index (χ2n) is 10.2. The van der Waals surface area contributed by atoms with E-state index in [-0.39, 0.29) is 17.4 Å². The Hall–Kier alpha value is -1.81. The molecule has 0 aliphatic heterocycles. The maximum absolute atomic E-state index is 12.2. The molecule has 29 heavy (non-hydrogen) atoms. The second-order valence-corrected chi connectivity index (χ2v) is 10.2. The van der Waals surface area contributed by atoms with Gasteiger partial charge in [0.15, 0.2) is 5.82 Å². The van der Waals surface area contributed by atoms with Gasteiger partial charge in [0.2, 0.25) is 0 Å². The van der Waals surface area contributed by atoms with E-state index in [1.54, 1.807) is 0 Å². The fraction of sp³-hybridized carbons (Fsp3) is 0.640. The Labute approximate surface area is 173 Å². The van der Waals surface area contributed by atoms with Crippen molar-refractivity contribution in [3.8, 4) is 0 Å². The largest absolute Gasteiger partial charge is 0.396 e. The zero-order chi connectivity index (χ0) is 20.2. The number of carbonyl (C=O) groups is 1. The molecule has 4 aliphatic rings. The van der Waals surface area contributed by atoms with Gasteiger partial charge in [-0.25, -0.2) is 9.97 Å². The van der Waals surface area contributed by atoms with Crippen molar-refractivity contribution < 1.29 is 9.90 Å². The third kappa shape index (κ3) is 2.78. The highest BCUT2D eigenvalue weighted by molar-refractivity contribution is 5.82. The molecule has 1 aromatic rings. The number of aliphatic hydroxyl groups excluding tert-OH is 1. The molecular formula is C25H32N2O2. The fourth-order valence-corrected chi connectivity index (χ4v) is 7.42. The smallest absolute Gasteiger partial charge is 0.155 e. The van der Waals surface area contributed by atoms with Crippen LogP contribution in [0.3, 0.4) is 0 Å². The van der Waals surface area contributed by atoms with Gasteiger partial charge in [-0.15, -0.1) is 0 Å². The minimum atomic E-state index is 0.0996. The molecule has 0 unspecified atom stereocenters. The number of aliphatic hydroxyl groups is 1. The number of aromatic nitrogens is 2. The van der Waals surface area contributed by atoms with Crippen LogP contribution in [-0.2, 0) is 4.79 Å². The van der Waals surface area contributed by atoms with E-state index in [0.717, 1.165) is 37.9 Å². The van der Waals surface area contributed by atoms with Crippen LogP contribution in [0, 0.1) is 34.5 Å². The zero-order valence-electron chi connectivity index (χ0n) is 17.6. The highest BCUT2D eigenvalue weighted by Crippen LogP contribution is 2.67. The molecule has 0 radical (unpaired) electrons. The maximum atomic E-state index is 12.2. The van der Waals surface area contributed by atoms with Gasteiger partial charge in [-0.1, -0.05) is 31.6 Å². The maximum Gasteiger partial charge on any atom is 0.155 e. The summed E-state index contributed by atoms with van der Waals surface area (Å²) in [5, 5.41) is 9.83. The molecule has 5 rings (SSSR count). The van der Waals surface area contributed by atoms with E-state index in [1.807, 2.05) is 18.5 Å². The number of rotatable bonds is 3. The number of fused-ring (bicyclic) bond motifs is 5. The third-order valence-corrected chi connectivity index (χ3v) is 8.95. The van der Waals surface area contributed by atoms with E-state index in [1.165, 1.54) is 17.6 Å². The van der Waals surface area contributed by atoms with Crippen LogP contribution in [0.4, 0.5) is 0 Å². The predicted molar refractivity (Wildman–Crippen MR) is 113 cm³/mol. The molecule has 2 saturated carbocycles. The van der Waals surface area contributed by atoms with E-state index in [0.29, 0.717) is 35.9 Å². The van der Waals surface area contributed by atoms with Gasteiger partial charge in [-0.2, -0.15) is 0 Å². The van der Waals surface area contributed by atoms with Crippen molar-refractivity contribution in [1.82, 2.24) is 9.97 Å². The Balaban J connectivity index is 1.54. The number of hydrogen-bond acceptors (Lipinski definition) is 4. The minimum absolute atomic E-state index is 0.0996. The number of allylic oxidation sites excluding steroid dienone is 4. The van der Waals surface area contributed by atoms with Crippen molar-refractivity contribution in [3.05, 3.63) is 42.0 Å². The van der Waals surface area contributed by atoms with Crippen LogP contribution in [0.25, 0.3) is 5.57 Å². The molecule has 1 aromatic heterocycles. The van der Waals surface area contributed by atoms with E-state index < -0.39 is 0 Å². The highest BCUT2D eigenvalue weighted by atomic mass is 16.3. The van der Waals surface area contributed by atoms with E-state index in [4.69, 9.17) is 0 Å². The Morgan fingerprint density at radius 2 is 1.93 bits per heavy atom. The molecule has 1 heterocycles. The van der Waals surface area contributed by atoms with Gasteiger partial charge < -0.3 is 5.11 Å². The van der Waals surface area contributed by atoms with Crippen molar-refractivity contribution in [2.75, 3.05) is 6.61 Å². The van der Waals surface area contributed by atoms with Crippen LogP contribution in [0.15, 0.2) is 36.2 Å². The van der Waals surface area contributed by atoms with Crippen LogP contribution in [0.2, 0.25) is 0 Å². The first-order chi connectivity index (χ1) is 14.0. The second kappa shape index (κ2) is 6.87. The standard InChI is InChI=1S/C25H32N2O2/c1-24-9-6-18(29)15-17(24)14-16(8-13-28)22-19-4-5-21(23-26-11-3-12-27-23)25(19,2)10-7-20(22)24/h3,5,11-12,14,16,19-20,22,28H,4,6-10,13,15H2,1-2H3/t16-,19+,20+,22+,24+,25+/m1/s1. The molecule has 0 saturated heterocycles. The average Bonchev–Trinajstić information content (AvgIpc) is 3.07. The first kappa shape index (κ1) is 19.2. The quantitative estimate of drug-likeness (QED) is 0.763. The summed E-state index contributed by atoms with van der Waals surface area (Å²) in [5.74, 6) is 3.37. The average molecular weight is 393 g/mol. The number of nitrogens with zero attached hydrogens (tertiary/aromatic N) is 2. The van der Waals surface area contributed by atoms with Gasteiger partial charge in [-0.05, 0) is 78.2 Å². The normalized spacial score (nSPS) is 41.1. The van der Waals surface area contributed by atoms with E-state index in [9.17, 15) is 9.90 Å². The summed E-state index contributed by atoms with van der Waals surface area (Å²) in [4.78, 5) is 21.4. The summed E-state index contributed by atoms with van der Waals surface area (Å²) in [7, 11) is 0. The lowest BCUT2D eigenvalue weighted by Crippen LogP contribution is -2.52. The summed E-state index contributed by atoms with van der Waals surface area (Å²) in [6.07, 6.45) is 15.1. The Morgan fingerprint density at radius 1 is 1.14 bits per heavy atom. The molecule has 0 aromatic carbocycles. The first-order valence-electron chi connectivity index (χ1n) is 11.3. The molecule has 4 heteroatoms. The minimum Gasteiger partial charge on any atom is -0.396 e. The predicted octanol–water partition coefficient (Wildman–Crippen LogP) is 4.61. The monoisotopic (exact) mass is 392 g/mol. The Bertz CT molecular complexity index is 876. The molecule has 1 N–H and O–H groups in total. The van der Waals surface area contributed by atoms with Gasteiger partial charge in [-0.3, -0.25) is 4.79 Å². The summed E-state index contributed by atoms with van der Waals surface area (Å²) >= 11 is 0. The zero-order valence-corrected chi connectivity index (χ0v) is 17.6. The van der Waals surface area contributed by atoms with Crippen molar-refractivity contribution in [2.24, 2.45) is 34.5 Å². The van der Waals surface area contributed by atoms with Crippen molar-refractivity contribution in [3.63, 3.8) is 0 Å². The van der Waals surface area contributed by atoms with Crippen LogP contribution >= 0.6 is 0 Å². The molecule has 4 aliphatic carbocycles. The molecule has 6 atom stereocenters. The topological polar surface area (TPSA) is 63.1 Å². The molecular weight excluding hydrogens is 360 g/mol. The van der Waals surface area contributed by atoms with Gasteiger partial charge in [0.05, 0.1) is 0 Å². The Morgan fingerprint density at radius 3 is 2.69 bits per heavy atom. The number of hydrogen-bond donors (Lipinski definition) is 1. The Kier molecular flexibility index (Phi) is 4.54. The third-order valence-electron chi connectivity index (χ3n) is 8.95. The summed E-state index contributed by atoms with van der Waals surface area (Å²) < 4.78 is 0. The first-order valence-corrected chi connectivity index (χ1v) is 11.3. The van der Waals surface area contributed by atoms with Gasteiger partial charge in [0.25, 0.3) is 0 Å². The number of ketones is 1. The highest BCUT2D eigenvalue weighted by Gasteiger charge is 2.59. The summed E-state index contributed by atoms with van der Waals surface area (Å²) in [5.41, 5.74) is 2.94. The van der Waals surface area contributed by atoms with Gasteiger partial charge in [0.1, 0.15) is 5.78 Å². The lowest BCUT2D eigenvalue weighted by Gasteiger charge is -2.59. The summed E-state index contributed by atoms with van der Waals surface area (Å²) in [6, 6.07) is 1.88. The van der Waals surface area contributed by atoms with Crippen molar-refractivity contribution in [1.29, 1.82) is 0 Å². The van der Waals surface area contributed by atoms with Crippen LogP contribution in [0.5, 0.6) is 0 Å². The number of carbonyl (C=O) groups excluding carboxylic acids is 1. The van der Waals surface area contributed by atoms with Crippen LogP contribution in [0.1, 0.15) is 64.6 Å². The molecule has 0 spiro atoms. The van der Waals surface area contributed by atoms with E-state index >= 15 is 0 Å². The molecule has 2 fully saturated rings. The lowest BCUT2D eigenvalue weighted by molar-refractivity contribution is -0.122.